The molecule has 0 N–H and O–H groups in total. The molecule has 0 heterocycles. The SMILES string of the molecule is CCCCC/C=C\C/C=C\CCCCCCCCCCCCOC(C)=O. The molecular formula is C24H44O2. The summed E-state index contributed by atoms with van der Waals surface area (Å²) in [6.45, 7) is 4.33. The van der Waals surface area contributed by atoms with E-state index in [9.17, 15) is 4.79 Å². The van der Waals surface area contributed by atoms with Crippen molar-refractivity contribution in [3.05, 3.63) is 24.3 Å². The van der Waals surface area contributed by atoms with Crippen molar-refractivity contribution >= 4 is 5.97 Å². The minimum atomic E-state index is -0.157. The van der Waals surface area contributed by atoms with Crippen LogP contribution in [0.1, 0.15) is 117 Å². The first kappa shape index (κ1) is 24.9. The fraction of sp³-hybridized carbons (Fsp3) is 0.792. The van der Waals surface area contributed by atoms with Crippen LogP contribution in [0.2, 0.25) is 0 Å². The Labute approximate surface area is 163 Å². The summed E-state index contributed by atoms with van der Waals surface area (Å²) in [6, 6.07) is 0. The summed E-state index contributed by atoms with van der Waals surface area (Å²) >= 11 is 0. The molecule has 0 bridgehead atoms. The van der Waals surface area contributed by atoms with Crippen LogP contribution in [0.5, 0.6) is 0 Å². The molecule has 0 rings (SSSR count). The van der Waals surface area contributed by atoms with E-state index in [1.165, 1.54) is 96.8 Å². The Balaban J connectivity index is 3.12. The van der Waals surface area contributed by atoms with Crippen LogP contribution in [-0.2, 0) is 9.53 Å². The molecular weight excluding hydrogens is 320 g/mol. The second-order valence-corrected chi connectivity index (χ2v) is 7.34. The molecule has 0 amide bonds. The Kier molecular flexibility index (Phi) is 21.1. The standard InChI is InChI=1S/C24H44O2/c1-3-4-5-6-7-8-9-10-11-12-13-14-15-16-17-18-19-20-21-22-23-26-24(2)25/h7-8,10-11H,3-6,9,12-23H2,1-2H3/b8-7-,11-10-. The van der Waals surface area contributed by atoms with Crippen LogP contribution in [-0.4, -0.2) is 12.6 Å². The molecule has 0 saturated heterocycles. The van der Waals surface area contributed by atoms with Crippen LogP contribution in [0, 0.1) is 0 Å². The van der Waals surface area contributed by atoms with Gasteiger partial charge in [0.05, 0.1) is 6.61 Å². The van der Waals surface area contributed by atoms with Gasteiger partial charge in [-0.1, -0.05) is 95.4 Å². The van der Waals surface area contributed by atoms with Crippen molar-refractivity contribution in [1.29, 1.82) is 0 Å². The predicted molar refractivity (Wildman–Crippen MR) is 114 cm³/mol. The third kappa shape index (κ3) is 22.9. The molecule has 152 valence electrons. The number of ether oxygens (including phenoxy) is 1. The summed E-state index contributed by atoms with van der Waals surface area (Å²) in [5.41, 5.74) is 0. The Morgan fingerprint density at radius 1 is 0.654 bits per heavy atom. The van der Waals surface area contributed by atoms with Crippen molar-refractivity contribution in [2.24, 2.45) is 0 Å². The highest BCUT2D eigenvalue weighted by molar-refractivity contribution is 5.65. The van der Waals surface area contributed by atoms with E-state index in [0.29, 0.717) is 6.61 Å². The minimum Gasteiger partial charge on any atom is -0.466 e. The summed E-state index contributed by atoms with van der Waals surface area (Å²) in [7, 11) is 0. The summed E-state index contributed by atoms with van der Waals surface area (Å²) in [4.78, 5) is 10.6. The molecule has 0 aromatic heterocycles. The van der Waals surface area contributed by atoms with Crippen molar-refractivity contribution in [3.63, 3.8) is 0 Å². The Bertz CT molecular complexity index is 344. The number of hydrogen-bond donors (Lipinski definition) is 0. The van der Waals surface area contributed by atoms with Gasteiger partial charge in [-0.25, -0.2) is 0 Å². The van der Waals surface area contributed by atoms with Gasteiger partial charge in [-0.15, -0.1) is 0 Å². The number of esters is 1. The number of unbranched alkanes of at least 4 members (excludes halogenated alkanes) is 13. The van der Waals surface area contributed by atoms with Gasteiger partial charge in [-0.3, -0.25) is 4.79 Å². The number of carbonyl (C=O) groups is 1. The number of hydrogen-bond acceptors (Lipinski definition) is 2. The largest absolute Gasteiger partial charge is 0.466 e. The molecule has 0 aliphatic heterocycles. The maximum Gasteiger partial charge on any atom is 0.302 e. The molecule has 0 fully saturated rings. The monoisotopic (exact) mass is 364 g/mol. The van der Waals surface area contributed by atoms with Gasteiger partial charge in [0.15, 0.2) is 0 Å². The Morgan fingerprint density at radius 2 is 1.12 bits per heavy atom. The van der Waals surface area contributed by atoms with Crippen LogP contribution in [0.4, 0.5) is 0 Å². The first-order valence-corrected chi connectivity index (χ1v) is 11.2. The van der Waals surface area contributed by atoms with Gasteiger partial charge in [-0.05, 0) is 38.5 Å². The van der Waals surface area contributed by atoms with Crippen LogP contribution in [0.25, 0.3) is 0 Å². The van der Waals surface area contributed by atoms with Crippen molar-refractivity contribution in [1.82, 2.24) is 0 Å². The Morgan fingerprint density at radius 3 is 1.62 bits per heavy atom. The van der Waals surface area contributed by atoms with Crippen LogP contribution >= 0.6 is 0 Å². The van der Waals surface area contributed by atoms with E-state index in [-0.39, 0.29) is 5.97 Å². The second-order valence-electron chi connectivity index (χ2n) is 7.34. The highest BCUT2D eigenvalue weighted by atomic mass is 16.5. The van der Waals surface area contributed by atoms with E-state index in [2.05, 4.69) is 31.2 Å². The van der Waals surface area contributed by atoms with Gasteiger partial charge in [0.25, 0.3) is 0 Å². The lowest BCUT2D eigenvalue weighted by Crippen LogP contribution is -2.00. The second kappa shape index (κ2) is 22.0. The first-order chi connectivity index (χ1) is 12.8. The van der Waals surface area contributed by atoms with E-state index in [1.54, 1.807) is 0 Å². The summed E-state index contributed by atoms with van der Waals surface area (Å²) in [6.07, 6.45) is 29.9. The summed E-state index contributed by atoms with van der Waals surface area (Å²) in [5, 5.41) is 0. The zero-order valence-electron chi connectivity index (χ0n) is 17.6. The van der Waals surface area contributed by atoms with Crippen LogP contribution < -0.4 is 0 Å². The normalized spacial score (nSPS) is 11.6. The van der Waals surface area contributed by atoms with Crippen molar-refractivity contribution in [3.8, 4) is 0 Å². The summed E-state index contributed by atoms with van der Waals surface area (Å²) in [5.74, 6) is -0.157. The van der Waals surface area contributed by atoms with Crippen molar-refractivity contribution in [2.45, 2.75) is 117 Å². The highest BCUT2D eigenvalue weighted by Gasteiger charge is 1.95. The smallest absolute Gasteiger partial charge is 0.302 e. The van der Waals surface area contributed by atoms with Crippen LogP contribution in [0.15, 0.2) is 24.3 Å². The fourth-order valence-electron chi connectivity index (χ4n) is 3.01. The molecule has 2 nitrogen and oxygen atoms in total. The van der Waals surface area contributed by atoms with Crippen molar-refractivity contribution < 1.29 is 9.53 Å². The molecule has 0 atom stereocenters. The molecule has 0 aliphatic rings. The molecule has 0 saturated carbocycles. The molecule has 26 heavy (non-hydrogen) atoms. The van der Waals surface area contributed by atoms with E-state index in [4.69, 9.17) is 4.74 Å². The number of carbonyl (C=O) groups excluding carboxylic acids is 1. The maximum atomic E-state index is 10.6. The average molecular weight is 365 g/mol. The molecule has 0 radical (unpaired) electrons. The molecule has 0 unspecified atom stereocenters. The lowest BCUT2D eigenvalue weighted by atomic mass is 10.1. The van der Waals surface area contributed by atoms with E-state index >= 15 is 0 Å². The zero-order valence-corrected chi connectivity index (χ0v) is 17.6. The van der Waals surface area contributed by atoms with Gasteiger partial charge < -0.3 is 4.74 Å². The fourth-order valence-corrected chi connectivity index (χ4v) is 3.01. The minimum absolute atomic E-state index is 0.157. The van der Waals surface area contributed by atoms with E-state index in [1.807, 2.05) is 0 Å². The zero-order chi connectivity index (χ0) is 19.1. The highest BCUT2D eigenvalue weighted by Crippen LogP contribution is 2.11. The molecule has 0 spiro atoms. The third-order valence-corrected chi connectivity index (χ3v) is 4.65. The van der Waals surface area contributed by atoms with Gasteiger partial charge in [-0.2, -0.15) is 0 Å². The topological polar surface area (TPSA) is 26.3 Å². The van der Waals surface area contributed by atoms with Gasteiger partial charge in [0, 0.05) is 6.92 Å². The lowest BCUT2D eigenvalue weighted by molar-refractivity contribution is -0.141. The van der Waals surface area contributed by atoms with E-state index < -0.39 is 0 Å². The Hall–Kier alpha value is -1.05. The summed E-state index contributed by atoms with van der Waals surface area (Å²) < 4.78 is 4.93. The maximum absolute atomic E-state index is 10.6. The van der Waals surface area contributed by atoms with Gasteiger partial charge in [0.1, 0.15) is 0 Å². The lowest BCUT2D eigenvalue weighted by Gasteiger charge is -2.03. The third-order valence-electron chi connectivity index (χ3n) is 4.65. The van der Waals surface area contributed by atoms with E-state index in [0.717, 1.165) is 12.8 Å². The molecule has 0 aromatic rings. The van der Waals surface area contributed by atoms with Crippen LogP contribution in [0.3, 0.4) is 0 Å². The molecule has 2 heteroatoms. The number of allylic oxidation sites excluding steroid dienone is 4. The van der Waals surface area contributed by atoms with Gasteiger partial charge in [0.2, 0.25) is 0 Å². The average Bonchev–Trinajstić information content (AvgIpc) is 2.62. The number of rotatable bonds is 19. The molecule has 0 aliphatic carbocycles. The molecule has 0 aromatic carbocycles. The first-order valence-electron chi connectivity index (χ1n) is 11.2. The predicted octanol–water partition coefficient (Wildman–Crippen LogP) is 7.92. The quantitative estimate of drug-likeness (QED) is 0.132. The van der Waals surface area contributed by atoms with Crippen molar-refractivity contribution in [2.75, 3.05) is 6.61 Å². The van der Waals surface area contributed by atoms with Gasteiger partial charge >= 0.3 is 5.97 Å².